The quantitative estimate of drug-likeness (QED) is 0.283. The summed E-state index contributed by atoms with van der Waals surface area (Å²) in [7, 11) is 0. The Morgan fingerprint density at radius 2 is 1.65 bits per heavy atom. The third kappa shape index (κ3) is 9.52. The molecule has 0 aromatic heterocycles. The number of carboxylic acids is 1. The van der Waals surface area contributed by atoms with E-state index >= 15 is 0 Å². The van der Waals surface area contributed by atoms with Crippen molar-refractivity contribution < 1.29 is 24.3 Å². The standard InChI is InChI=1S/C32H39N3O5/c1-21(2)20-28(31(33)39)35-32(40)27(17-19-30(37)38)34-29(36)18-10-22-8-11-24(12-9-22)26-15-13-25(14-16-26)23-6-4-3-5-7-23/h3-9,11-15,21,26-28H,10,16-20H2,1-2H3,(H2,33,39)(H,34,36)(H,35,40)(H,37,38)/t26?,27?,28-/m0/s1. The minimum absolute atomic E-state index is 0.0932. The van der Waals surface area contributed by atoms with Gasteiger partial charge in [0.2, 0.25) is 17.7 Å². The molecule has 0 fully saturated rings. The van der Waals surface area contributed by atoms with Gasteiger partial charge in [0.05, 0.1) is 0 Å². The number of nitrogens with one attached hydrogen (secondary N) is 2. The number of aliphatic carboxylic acids is 1. The molecular weight excluding hydrogens is 506 g/mol. The van der Waals surface area contributed by atoms with Gasteiger partial charge in [-0.1, -0.05) is 86.7 Å². The van der Waals surface area contributed by atoms with Crippen LogP contribution in [0.1, 0.15) is 68.6 Å². The zero-order valence-electron chi connectivity index (χ0n) is 23.1. The van der Waals surface area contributed by atoms with Crippen molar-refractivity contribution in [1.82, 2.24) is 10.6 Å². The fourth-order valence-corrected chi connectivity index (χ4v) is 4.69. The van der Waals surface area contributed by atoms with Gasteiger partial charge < -0.3 is 21.5 Å². The lowest BCUT2D eigenvalue weighted by Gasteiger charge is -2.22. The van der Waals surface area contributed by atoms with Crippen LogP contribution in [0.25, 0.3) is 5.57 Å². The van der Waals surface area contributed by atoms with Gasteiger partial charge in [-0.25, -0.2) is 0 Å². The van der Waals surface area contributed by atoms with Crippen LogP contribution in [0.5, 0.6) is 0 Å². The second kappa shape index (κ2) is 14.8. The number of aryl methyl sites for hydroxylation is 1. The fraction of sp³-hybridized carbons (Fsp3) is 0.375. The van der Waals surface area contributed by atoms with E-state index in [1.165, 1.54) is 16.7 Å². The molecule has 1 aliphatic rings. The maximum Gasteiger partial charge on any atom is 0.303 e. The molecule has 5 N–H and O–H groups in total. The highest BCUT2D eigenvalue weighted by molar-refractivity contribution is 5.91. The average Bonchev–Trinajstić information content (AvgIpc) is 2.94. The van der Waals surface area contributed by atoms with Gasteiger partial charge in [-0.15, -0.1) is 0 Å². The number of hydrogen-bond acceptors (Lipinski definition) is 4. The monoisotopic (exact) mass is 545 g/mol. The normalized spacial score (nSPS) is 16.1. The summed E-state index contributed by atoms with van der Waals surface area (Å²) in [5, 5.41) is 14.3. The lowest BCUT2D eigenvalue weighted by atomic mass is 9.88. The molecule has 0 saturated carbocycles. The van der Waals surface area contributed by atoms with Crippen LogP contribution in [-0.2, 0) is 25.6 Å². The Balaban J connectivity index is 1.53. The number of carbonyl (C=O) groups excluding carboxylic acids is 3. The van der Waals surface area contributed by atoms with Crippen molar-refractivity contribution >= 4 is 29.3 Å². The van der Waals surface area contributed by atoms with Crippen molar-refractivity contribution in [2.75, 3.05) is 0 Å². The summed E-state index contributed by atoms with van der Waals surface area (Å²) in [6.07, 6.45) is 8.10. The van der Waals surface area contributed by atoms with Gasteiger partial charge in [0, 0.05) is 18.8 Å². The topological polar surface area (TPSA) is 139 Å². The molecule has 0 heterocycles. The van der Waals surface area contributed by atoms with Crippen LogP contribution < -0.4 is 16.4 Å². The van der Waals surface area contributed by atoms with Crippen molar-refractivity contribution in [1.29, 1.82) is 0 Å². The molecule has 40 heavy (non-hydrogen) atoms. The van der Waals surface area contributed by atoms with Crippen LogP contribution in [0.2, 0.25) is 0 Å². The van der Waals surface area contributed by atoms with Gasteiger partial charge in [-0.2, -0.15) is 0 Å². The van der Waals surface area contributed by atoms with Gasteiger partial charge >= 0.3 is 5.97 Å². The third-order valence-electron chi connectivity index (χ3n) is 6.92. The molecule has 212 valence electrons. The number of nitrogens with two attached hydrogens (primary N) is 1. The summed E-state index contributed by atoms with van der Waals surface area (Å²) < 4.78 is 0. The molecule has 1 aliphatic carbocycles. The molecule has 8 heteroatoms. The minimum Gasteiger partial charge on any atom is -0.481 e. The first-order valence-electron chi connectivity index (χ1n) is 13.8. The van der Waals surface area contributed by atoms with Gasteiger partial charge in [-0.3, -0.25) is 19.2 Å². The molecule has 3 rings (SSSR count). The number of carbonyl (C=O) groups is 4. The van der Waals surface area contributed by atoms with Gasteiger partial charge in [0.1, 0.15) is 12.1 Å². The van der Waals surface area contributed by atoms with Crippen molar-refractivity contribution in [2.45, 2.75) is 70.4 Å². The predicted octanol–water partition coefficient (Wildman–Crippen LogP) is 4.11. The Kier molecular flexibility index (Phi) is 11.2. The van der Waals surface area contributed by atoms with Crippen LogP contribution in [0.15, 0.2) is 72.8 Å². The van der Waals surface area contributed by atoms with E-state index in [2.05, 4.69) is 53.1 Å². The Bertz CT molecular complexity index is 1230. The lowest BCUT2D eigenvalue weighted by molar-refractivity contribution is -0.138. The first kappa shape index (κ1) is 30.3. The summed E-state index contributed by atoms with van der Waals surface area (Å²) in [6.45, 7) is 3.78. The van der Waals surface area contributed by atoms with Crippen molar-refractivity contribution in [3.63, 3.8) is 0 Å². The van der Waals surface area contributed by atoms with Crippen LogP contribution in [0.3, 0.4) is 0 Å². The molecule has 0 saturated heterocycles. The van der Waals surface area contributed by atoms with Crippen molar-refractivity contribution in [3.05, 3.63) is 89.5 Å². The number of benzene rings is 2. The highest BCUT2D eigenvalue weighted by Gasteiger charge is 2.26. The van der Waals surface area contributed by atoms with E-state index in [1.807, 2.05) is 44.2 Å². The number of carboxylic acid groups (broad SMARTS) is 1. The van der Waals surface area contributed by atoms with E-state index in [0.717, 1.165) is 12.0 Å². The third-order valence-corrected chi connectivity index (χ3v) is 6.92. The van der Waals surface area contributed by atoms with E-state index < -0.39 is 29.9 Å². The molecule has 3 atom stereocenters. The number of rotatable bonds is 14. The smallest absolute Gasteiger partial charge is 0.303 e. The first-order valence-corrected chi connectivity index (χ1v) is 13.8. The number of allylic oxidation sites excluding steroid dienone is 4. The summed E-state index contributed by atoms with van der Waals surface area (Å²) in [5.41, 5.74) is 10.0. The number of primary amides is 1. The molecule has 2 aromatic carbocycles. The van der Waals surface area contributed by atoms with Crippen LogP contribution in [-0.4, -0.2) is 40.9 Å². The summed E-state index contributed by atoms with van der Waals surface area (Å²) in [6, 6.07) is 16.5. The second-order valence-electron chi connectivity index (χ2n) is 10.6. The molecular formula is C32H39N3O5. The zero-order valence-corrected chi connectivity index (χ0v) is 23.1. The Morgan fingerprint density at radius 3 is 2.23 bits per heavy atom. The highest BCUT2D eigenvalue weighted by atomic mass is 16.4. The molecule has 0 radical (unpaired) electrons. The summed E-state index contributed by atoms with van der Waals surface area (Å²) >= 11 is 0. The van der Waals surface area contributed by atoms with Crippen molar-refractivity contribution in [3.8, 4) is 0 Å². The predicted molar refractivity (Wildman–Crippen MR) is 155 cm³/mol. The lowest BCUT2D eigenvalue weighted by Crippen LogP contribution is -2.53. The molecule has 2 aromatic rings. The Labute approximate surface area is 235 Å². The molecule has 0 spiro atoms. The van der Waals surface area contributed by atoms with Crippen molar-refractivity contribution in [2.24, 2.45) is 11.7 Å². The second-order valence-corrected chi connectivity index (χ2v) is 10.6. The average molecular weight is 546 g/mol. The van der Waals surface area contributed by atoms with Gasteiger partial charge in [0.15, 0.2) is 0 Å². The van der Waals surface area contributed by atoms with Crippen LogP contribution in [0, 0.1) is 5.92 Å². The molecule has 8 nitrogen and oxygen atoms in total. The minimum atomic E-state index is -1.08. The SMILES string of the molecule is CC(C)C[C@H](NC(=O)C(CCC(=O)O)NC(=O)CCc1ccc(C2C=CC(c3ccccc3)=CC2)cc1)C(N)=O. The van der Waals surface area contributed by atoms with E-state index in [-0.39, 0.29) is 31.1 Å². The van der Waals surface area contributed by atoms with Crippen LogP contribution >= 0.6 is 0 Å². The Hall–Kier alpha value is -4.20. The summed E-state index contributed by atoms with van der Waals surface area (Å²) in [4.78, 5) is 48.4. The molecule has 2 unspecified atom stereocenters. The Morgan fingerprint density at radius 1 is 0.950 bits per heavy atom. The maximum atomic E-state index is 12.8. The zero-order chi connectivity index (χ0) is 29.1. The maximum absolute atomic E-state index is 12.8. The van der Waals surface area contributed by atoms with E-state index in [4.69, 9.17) is 10.8 Å². The number of hydrogen-bond donors (Lipinski definition) is 4. The molecule has 3 amide bonds. The van der Waals surface area contributed by atoms with Gasteiger partial charge in [0.25, 0.3) is 0 Å². The van der Waals surface area contributed by atoms with E-state index in [0.29, 0.717) is 18.8 Å². The fourth-order valence-electron chi connectivity index (χ4n) is 4.69. The number of amides is 3. The molecule has 0 bridgehead atoms. The largest absolute Gasteiger partial charge is 0.481 e. The van der Waals surface area contributed by atoms with Crippen LogP contribution in [0.4, 0.5) is 0 Å². The van der Waals surface area contributed by atoms with E-state index in [1.54, 1.807) is 0 Å². The first-order chi connectivity index (χ1) is 19.1. The molecule has 0 aliphatic heterocycles. The summed E-state index contributed by atoms with van der Waals surface area (Å²) in [5.74, 6) is -2.35. The highest BCUT2D eigenvalue weighted by Crippen LogP contribution is 2.30. The van der Waals surface area contributed by atoms with E-state index in [9.17, 15) is 19.2 Å². The van der Waals surface area contributed by atoms with Gasteiger partial charge in [-0.05, 0) is 53.9 Å².